The van der Waals surface area contributed by atoms with E-state index < -0.39 is 0 Å². The first-order valence-corrected chi connectivity index (χ1v) is 10.2. The summed E-state index contributed by atoms with van der Waals surface area (Å²) in [5.74, 6) is 0.338. The third-order valence-corrected chi connectivity index (χ3v) is 5.65. The summed E-state index contributed by atoms with van der Waals surface area (Å²) in [7, 11) is 2.04. The Morgan fingerprint density at radius 3 is 2.59 bits per heavy atom. The zero-order chi connectivity index (χ0) is 19.1. The van der Waals surface area contributed by atoms with E-state index in [-0.39, 0.29) is 17.9 Å². The highest BCUT2D eigenvalue weighted by atomic mass is 16.2. The lowest BCUT2D eigenvalue weighted by atomic mass is 10.1. The van der Waals surface area contributed by atoms with Crippen molar-refractivity contribution in [3.05, 3.63) is 35.9 Å². The first-order valence-electron chi connectivity index (χ1n) is 10.2. The fourth-order valence-corrected chi connectivity index (χ4v) is 4.03. The largest absolute Gasteiger partial charge is 0.355 e. The maximum absolute atomic E-state index is 12.8. The van der Waals surface area contributed by atoms with Gasteiger partial charge in [-0.05, 0) is 44.8 Å². The number of amides is 2. The molecule has 27 heavy (non-hydrogen) atoms. The number of carbonyl (C=O) groups is 2. The van der Waals surface area contributed by atoms with Gasteiger partial charge in [-0.1, -0.05) is 30.3 Å². The Morgan fingerprint density at radius 2 is 1.85 bits per heavy atom. The molecule has 1 aromatic carbocycles. The van der Waals surface area contributed by atoms with Crippen molar-refractivity contribution < 1.29 is 9.59 Å². The first-order chi connectivity index (χ1) is 13.1. The predicted octanol–water partition coefficient (Wildman–Crippen LogP) is 0.974. The smallest absolute Gasteiger partial charge is 0.239 e. The van der Waals surface area contributed by atoms with Crippen molar-refractivity contribution in [3.63, 3.8) is 0 Å². The third kappa shape index (κ3) is 5.78. The van der Waals surface area contributed by atoms with Gasteiger partial charge in [0.1, 0.15) is 0 Å². The van der Waals surface area contributed by atoms with Crippen LogP contribution in [-0.2, 0) is 16.0 Å². The normalized spacial score (nSPS) is 21.8. The molecule has 2 aliphatic heterocycles. The molecule has 2 saturated heterocycles. The van der Waals surface area contributed by atoms with E-state index >= 15 is 0 Å². The van der Waals surface area contributed by atoms with Crippen LogP contribution in [0.25, 0.3) is 0 Å². The van der Waals surface area contributed by atoms with Gasteiger partial charge >= 0.3 is 0 Å². The lowest BCUT2D eigenvalue weighted by Crippen LogP contribution is -2.46. The van der Waals surface area contributed by atoms with Gasteiger partial charge < -0.3 is 10.2 Å². The molecular weight excluding hydrogens is 340 g/mol. The maximum Gasteiger partial charge on any atom is 0.239 e. The van der Waals surface area contributed by atoms with Gasteiger partial charge in [-0.15, -0.1) is 0 Å². The summed E-state index contributed by atoms with van der Waals surface area (Å²) in [6.45, 7) is 5.26. The van der Waals surface area contributed by atoms with E-state index in [9.17, 15) is 9.59 Å². The summed E-state index contributed by atoms with van der Waals surface area (Å²) in [5.41, 5.74) is 1.23. The molecule has 0 aliphatic carbocycles. The minimum Gasteiger partial charge on any atom is -0.355 e. The molecule has 2 aliphatic rings. The zero-order valence-electron chi connectivity index (χ0n) is 16.4. The number of nitrogens with one attached hydrogen (secondary N) is 1. The molecule has 2 fully saturated rings. The highest BCUT2D eigenvalue weighted by Gasteiger charge is 2.32. The topological polar surface area (TPSA) is 55.9 Å². The van der Waals surface area contributed by atoms with Gasteiger partial charge in [-0.2, -0.15) is 0 Å². The van der Waals surface area contributed by atoms with Gasteiger partial charge in [0.2, 0.25) is 11.8 Å². The van der Waals surface area contributed by atoms with Crippen molar-refractivity contribution in [2.24, 2.45) is 0 Å². The molecule has 0 saturated carbocycles. The molecule has 0 aromatic heterocycles. The number of benzene rings is 1. The van der Waals surface area contributed by atoms with Crippen molar-refractivity contribution in [3.8, 4) is 0 Å². The molecule has 2 amide bonds. The predicted molar refractivity (Wildman–Crippen MR) is 106 cm³/mol. The number of likely N-dealkylation sites (N-methyl/N-ethyl adjacent to an activating group) is 1. The molecule has 0 radical (unpaired) electrons. The lowest BCUT2D eigenvalue weighted by Gasteiger charge is -2.27. The maximum atomic E-state index is 12.8. The molecule has 0 spiro atoms. The Hall–Kier alpha value is -1.92. The Balaban J connectivity index is 1.38. The third-order valence-electron chi connectivity index (χ3n) is 5.65. The van der Waals surface area contributed by atoms with Crippen LogP contribution in [0.5, 0.6) is 0 Å². The van der Waals surface area contributed by atoms with Crippen LogP contribution >= 0.6 is 0 Å². The molecule has 6 nitrogen and oxygen atoms in total. The second-order valence-electron chi connectivity index (χ2n) is 7.68. The van der Waals surface area contributed by atoms with Crippen molar-refractivity contribution in [2.45, 2.75) is 31.7 Å². The van der Waals surface area contributed by atoms with Crippen LogP contribution in [0.3, 0.4) is 0 Å². The summed E-state index contributed by atoms with van der Waals surface area (Å²) >= 11 is 0. The summed E-state index contributed by atoms with van der Waals surface area (Å²) < 4.78 is 0. The van der Waals surface area contributed by atoms with Crippen LogP contribution < -0.4 is 5.32 Å². The number of rotatable bonds is 6. The highest BCUT2D eigenvalue weighted by molar-refractivity contribution is 5.82. The Bertz CT molecular complexity index is 622. The molecule has 1 aromatic rings. The van der Waals surface area contributed by atoms with Crippen LogP contribution in [0, 0.1) is 0 Å². The van der Waals surface area contributed by atoms with Gasteiger partial charge in [-0.3, -0.25) is 19.4 Å². The van der Waals surface area contributed by atoms with Gasteiger partial charge in [0.05, 0.1) is 12.6 Å². The van der Waals surface area contributed by atoms with Gasteiger partial charge in [0.15, 0.2) is 0 Å². The first kappa shape index (κ1) is 19.8. The van der Waals surface area contributed by atoms with Crippen molar-refractivity contribution in [1.29, 1.82) is 0 Å². The summed E-state index contributed by atoms with van der Waals surface area (Å²) in [5, 5.41) is 3.02. The standard InChI is InChI=1S/C21H32N4O2/c1-23-12-5-9-19(23)21(27)25-14-6-13-24(15-16-25)17-20(26)22-11-10-18-7-3-2-4-8-18/h2-4,7-8,19H,5-6,9-17H2,1H3,(H,22,26)/t19-/m1/s1. The Morgan fingerprint density at radius 1 is 1.04 bits per heavy atom. The van der Waals surface area contributed by atoms with Crippen LogP contribution in [0.2, 0.25) is 0 Å². The quantitative estimate of drug-likeness (QED) is 0.809. The number of hydrogen-bond acceptors (Lipinski definition) is 4. The van der Waals surface area contributed by atoms with E-state index in [4.69, 9.17) is 0 Å². The minimum absolute atomic E-state index is 0.0536. The van der Waals surface area contributed by atoms with E-state index in [0.717, 1.165) is 58.4 Å². The van der Waals surface area contributed by atoms with Crippen molar-refractivity contribution in [1.82, 2.24) is 20.0 Å². The number of nitrogens with zero attached hydrogens (tertiary/aromatic N) is 3. The van der Waals surface area contributed by atoms with Crippen LogP contribution in [0.4, 0.5) is 0 Å². The summed E-state index contributed by atoms with van der Waals surface area (Å²) in [6, 6.07) is 10.2. The second kappa shape index (κ2) is 9.85. The van der Waals surface area contributed by atoms with E-state index in [1.807, 2.05) is 30.1 Å². The Labute approximate surface area is 162 Å². The monoisotopic (exact) mass is 372 g/mol. The molecule has 2 heterocycles. The van der Waals surface area contributed by atoms with Crippen molar-refractivity contribution in [2.75, 3.05) is 52.9 Å². The molecule has 0 unspecified atom stereocenters. The average molecular weight is 373 g/mol. The van der Waals surface area contributed by atoms with Gasteiger partial charge in [0, 0.05) is 32.7 Å². The highest BCUT2D eigenvalue weighted by Crippen LogP contribution is 2.18. The molecule has 0 bridgehead atoms. The fraction of sp³-hybridized carbons (Fsp3) is 0.619. The van der Waals surface area contributed by atoms with Gasteiger partial charge in [-0.25, -0.2) is 0 Å². The van der Waals surface area contributed by atoms with Crippen molar-refractivity contribution >= 4 is 11.8 Å². The van der Waals surface area contributed by atoms with Crippen LogP contribution in [0.15, 0.2) is 30.3 Å². The van der Waals surface area contributed by atoms with Crippen LogP contribution in [0.1, 0.15) is 24.8 Å². The van der Waals surface area contributed by atoms with E-state index in [2.05, 4.69) is 27.2 Å². The molecule has 148 valence electrons. The van der Waals surface area contributed by atoms with E-state index in [0.29, 0.717) is 13.1 Å². The zero-order valence-corrected chi connectivity index (χ0v) is 16.4. The fourth-order valence-electron chi connectivity index (χ4n) is 4.03. The average Bonchev–Trinajstić information content (AvgIpc) is 2.96. The number of carbonyl (C=O) groups excluding carboxylic acids is 2. The lowest BCUT2D eigenvalue weighted by molar-refractivity contribution is -0.135. The summed E-state index contributed by atoms with van der Waals surface area (Å²) in [4.78, 5) is 31.3. The summed E-state index contributed by atoms with van der Waals surface area (Å²) in [6.07, 6.45) is 3.86. The minimum atomic E-state index is 0.0536. The second-order valence-corrected chi connectivity index (χ2v) is 7.68. The molecular formula is C21H32N4O2. The molecule has 3 rings (SSSR count). The van der Waals surface area contributed by atoms with E-state index in [1.54, 1.807) is 0 Å². The number of likely N-dealkylation sites (tertiary alicyclic amines) is 1. The Kier molecular flexibility index (Phi) is 7.24. The molecule has 6 heteroatoms. The number of hydrogen-bond donors (Lipinski definition) is 1. The van der Waals surface area contributed by atoms with Crippen LogP contribution in [-0.4, -0.2) is 85.4 Å². The molecule has 1 atom stereocenters. The van der Waals surface area contributed by atoms with Gasteiger partial charge in [0.25, 0.3) is 0 Å². The van der Waals surface area contributed by atoms with E-state index in [1.165, 1.54) is 5.56 Å². The SMILES string of the molecule is CN1CCC[C@@H]1C(=O)N1CCCN(CC(=O)NCCc2ccccc2)CC1. The molecule has 1 N–H and O–H groups in total.